The van der Waals surface area contributed by atoms with Gasteiger partial charge in [-0.1, -0.05) is 0 Å². The van der Waals surface area contributed by atoms with E-state index >= 15 is 0 Å². The topological polar surface area (TPSA) is 63.6 Å². The first-order chi connectivity index (χ1) is 8.45. The monoisotopic (exact) mass is 246 g/mol. The van der Waals surface area contributed by atoms with Crippen molar-refractivity contribution in [2.45, 2.75) is 45.6 Å². The highest BCUT2D eigenvalue weighted by molar-refractivity contribution is 5.73. The summed E-state index contributed by atoms with van der Waals surface area (Å²) in [5.74, 6) is 1.50. The summed E-state index contributed by atoms with van der Waals surface area (Å²) in [7, 11) is 0. The van der Waals surface area contributed by atoms with Crippen molar-refractivity contribution >= 4 is 11.0 Å². The first-order valence-electron chi connectivity index (χ1n) is 6.42. The molecule has 0 radical (unpaired) electrons. The summed E-state index contributed by atoms with van der Waals surface area (Å²) in [6, 6.07) is 0. The van der Waals surface area contributed by atoms with Gasteiger partial charge < -0.3 is 4.98 Å². The number of nitrogens with one attached hydrogen (secondary N) is 1. The van der Waals surface area contributed by atoms with E-state index in [1.165, 1.54) is 12.8 Å². The molecule has 0 bridgehead atoms. The molecule has 0 unspecified atom stereocenters. The number of fused-ring (bicyclic) bond motifs is 1. The van der Waals surface area contributed by atoms with Crippen LogP contribution in [-0.2, 0) is 12.0 Å². The smallest absolute Gasteiger partial charge is 0.262 e. The Hall–Kier alpha value is -1.65. The van der Waals surface area contributed by atoms with Crippen molar-refractivity contribution in [2.75, 3.05) is 0 Å². The Balaban J connectivity index is 2.16. The fourth-order valence-corrected chi connectivity index (χ4v) is 2.15. The molecule has 1 saturated carbocycles. The Kier molecular flexibility index (Phi) is 2.33. The lowest BCUT2D eigenvalue weighted by Gasteiger charge is -2.19. The van der Waals surface area contributed by atoms with Gasteiger partial charge >= 0.3 is 0 Å². The van der Waals surface area contributed by atoms with E-state index in [0.29, 0.717) is 17.0 Å². The number of aromatic amines is 1. The van der Waals surface area contributed by atoms with Crippen LogP contribution in [0.3, 0.4) is 0 Å². The minimum atomic E-state index is -0.167. The van der Waals surface area contributed by atoms with Gasteiger partial charge in [-0.05, 0) is 39.5 Å². The van der Waals surface area contributed by atoms with Crippen LogP contribution in [0.1, 0.15) is 39.4 Å². The van der Waals surface area contributed by atoms with Gasteiger partial charge in [0.25, 0.3) is 5.56 Å². The minimum Gasteiger partial charge on any atom is -0.310 e. The molecular formula is C13H18N4O. The fraction of sp³-hybridized carbons (Fsp3) is 0.615. The highest BCUT2D eigenvalue weighted by atomic mass is 16.1. The van der Waals surface area contributed by atoms with Crippen molar-refractivity contribution in [3.63, 3.8) is 0 Å². The Morgan fingerprint density at radius 3 is 2.78 bits per heavy atom. The number of H-pyrrole nitrogens is 1. The molecule has 1 N–H and O–H groups in total. The van der Waals surface area contributed by atoms with Gasteiger partial charge in [0, 0.05) is 6.42 Å². The molecule has 5 nitrogen and oxygen atoms in total. The number of aromatic nitrogens is 4. The van der Waals surface area contributed by atoms with Gasteiger partial charge in [0.1, 0.15) is 11.2 Å². The Labute approximate surface area is 105 Å². The maximum absolute atomic E-state index is 12.0. The molecule has 0 spiro atoms. The Morgan fingerprint density at radius 1 is 1.44 bits per heavy atom. The molecule has 18 heavy (non-hydrogen) atoms. The summed E-state index contributed by atoms with van der Waals surface area (Å²) in [6.07, 6.45) is 4.98. The number of hydrogen-bond donors (Lipinski definition) is 1. The van der Waals surface area contributed by atoms with Crippen molar-refractivity contribution in [3.8, 4) is 0 Å². The van der Waals surface area contributed by atoms with Crippen LogP contribution in [0.25, 0.3) is 11.0 Å². The van der Waals surface area contributed by atoms with Crippen molar-refractivity contribution in [1.82, 2.24) is 19.7 Å². The molecule has 5 heteroatoms. The first-order valence-corrected chi connectivity index (χ1v) is 6.42. The van der Waals surface area contributed by atoms with Crippen molar-refractivity contribution in [2.24, 2.45) is 5.92 Å². The van der Waals surface area contributed by atoms with Gasteiger partial charge in [-0.3, -0.25) is 4.79 Å². The summed E-state index contributed by atoms with van der Waals surface area (Å²) in [4.78, 5) is 19.4. The largest absolute Gasteiger partial charge is 0.310 e. The van der Waals surface area contributed by atoms with Gasteiger partial charge in [0.05, 0.1) is 11.7 Å². The van der Waals surface area contributed by atoms with Crippen LogP contribution in [0, 0.1) is 5.92 Å². The summed E-state index contributed by atoms with van der Waals surface area (Å²) < 4.78 is 1.83. The molecule has 0 amide bonds. The van der Waals surface area contributed by atoms with Gasteiger partial charge in [0.2, 0.25) is 0 Å². The third kappa shape index (κ3) is 1.94. The molecule has 96 valence electrons. The quantitative estimate of drug-likeness (QED) is 0.879. The molecule has 1 aliphatic rings. The zero-order valence-corrected chi connectivity index (χ0v) is 11.0. The summed E-state index contributed by atoms with van der Waals surface area (Å²) >= 11 is 0. The molecule has 1 fully saturated rings. The predicted molar refractivity (Wildman–Crippen MR) is 69.6 cm³/mol. The lowest BCUT2D eigenvalue weighted by Crippen LogP contribution is -2.24. The van der Waals surface area contributed by atoms with Gasteiger partial charge in [-0.15, -0.1) is 0 Å². The molecule has 0 aromatic carbocycles. The van der Waals surface area contributed by atoms with Gasteiger partial charge in [-0.25, -0.2) is 9.67 Å². The number of nitrogens with zero attached hydrogens (tertiary/aromatic N) is 3. The third-order valence-corrected chi connectivity index (χ3v) is 3.30. The molecule has 2 aromatic rings. The van der Waals surface area contributed by atoms with Crippen LogP contribution in [0.5, 0.6) is 0 Å². The Morgan fingerprint density at radius 2 is 2.17 bits per heavy atom. The standard InChI is InChI=1S/C13H18N4O/c1-13(2,3)17-11-9(7-14-17)12(18)16-10(15-11)6-8-4-5-8/h7-8H,4-6H2,1-3H3,(H,15,16,18). The number of rotatable bonds is 2. The molecule has 1 aliphatic carbocycles. The Bertz CT molecular complexity index is 643. The molecule has 3 rings (SSSR count). The molecule has 2 heterocycles. The highest BCUT2D eigenvalue weighted by Gasteiger charge is 2.24. The average Bonchev–Trinajstić information content (AvgIpc) is 2.93. The molecule has 2 aromatic heterocycles. The zero-order valence-electron chi connectivity index (χ0n) is 11.0. The second kappa shape index (κ2) is 3.67. The van der Waals surface area contributed by atoms with Crippen LogP contribution in [0.2, 0.25) is 0 Å². The zero-order chi connectivity index (χ0) is 12.9. The maximum atomic E-state index is 12.0. The van der Waals surface area contributed by atoms with E-state index in [0.717, 1.165) is 12.2 Å². The molecule has 0 aliphatic heterocycles. The van der Waals surface area contributed by atoms with E-state index < -0.39 is 0 Å². The van der Waals surface area contributed by atoms with E-state index in [1.807, 2.05) is 4.68 Å². The molecule has 0 saturated heterocycles. The SMILES string of the molecule is CC(C)(C)n1ncc2c(=O)[nH]c(CC3CC3)nc21. The van der Waals surface area contributed by atoms with E-state index in [2.05, 4.69) is 35.8 Å². The number of hydrogen-bond acceptors (Lipinski definition) is 3. The fourth-order valence-electron chi connectivity index (χ4n) is 2.15. The lowest BCUT2D eigenvalue weighted by molar-refractivity contribution is 0.365. The van der Waals surface area contributed by atoms with Crippen LogP contribution in [-0.4, -0.2) is 19.7 Å². The lowest BCUT2D eigenvalue weighted by atomic mass is 10.1. The summed E-state index contributed by atoms with van der Waals surface area (Å²) in [6.45, 7) is 6.18. The second-order valence-corrected chi connectivity index (χ2v) is 6.12. The third-order valence-electron chi connectivity index (χ3n) is 3.30. The first kappa shape index (κ1) is 11.4. The van der Waals surface area contributed by atoms with E-state index in [4.69, 9.17) is 0 Å². The van der Waals surface area contributed by atoms with E-state index in [9.17, 15) is 4.79 Å². The normalized spacial score (nSPS) is 16.4. The van der Waals surface area contributed by atoms with E-state index in [-0.39, 0.29) is 11.1 Å². The van der Waals surface area contributed by atoms with Crippen molar-refractivity contribution < 1.29 is 0 Å². The maximum Gasteiger partial charge on any atom is 0.262 e. The molecule has 0 atom stereocenters. The van der Waals surface area contributed by atoms with Gasteiger partial charge in [0.15, 0.2) is 5.65 Å². The van der Waals surface area contributed by atoms with Crippen molar-refractivity contribution in [1.29, 1.82) is 0 Å². The van der Waals surface area contributed by atoms with Crippen molar-refractivity contribution in [3.05, 3.63) is 22.4 Å². The van der Waals surface area contributed by atoms with Crippen LogP contribution >= 0.6 is 0 Å². The highest BCUT2D eigenvalue weighted by Crippen LogP contribution is 2.31. The minimum absolute atomic E-state index is 0.0776. The van der Waals surface area contributed by atoms with Crippen LogP contribution < -0.4 is 5.56 Å². The average molecular weight is 246 g/mol. The van der Waals surface area contributed by atoms with E-state index in [1.54, 1.807) is 6.20 Å². The predicted octanol–water partition coefficient (Wildman–Crippen LogP) is 1.83. The van der Waals surface area contributed by atoms with Crippen LogP contribution in [0.4, 0.5) is 0 Å². The summed E-state index contributed by atoms with van der Waals surface area (Å²) in [5.41, 5.74) is 0.451. The second-order valence-electron chi connectivity index (χ2n) is 6.12. The molecular weight excluding hydrogens is 228 g/mol. The van der Waals surface area contributed by atoms with Gasteiger partial charge in [-0.2, -0.15) is 5.10 Å². The van der Waals surface area contributed by atoms with Crippen LogP contribution in [0.15, 0.2) is 11.0 Å². The summed E-state index contributed by atoms with van der Waals surface area (Å²) in [5, 5.41) is 4.87.